The first-order valence-electron chi connectivity index (χ1n) is 2.38. The third-order valence-electron chi connectivity index (χ3n) is 0.667. The van der Waals surface area contributed by atoms with Crippen molar-refractivity contribution >= 4 is 17.2 Å². The van der Waals surface area contributed by atoms with E-state index in [1.54, 1.807) is 0 Å². The fraction of sp³-hybridized carbons (Fsp3) is 0. The SMILES string of the molecule is [Cl][Hf][Cl].c1ccccc1. The average Bonchev–Trinajstić information content (AvgIpc) is 1.93. The summed E-state index contributed by atoms with van der Waals surface area (Å²) in [7, 11) is 9.92. The van der Waals surface area contributed by atoms with Crippen LogP contribution >= 0.6 is 17.2 Å². The zero-order chi connectivity index (χ0) is 6.95. The van der Waals surface area contributed by atoms with E-state index in [0.717, 1.165) is 0 Å². The minimum Gasteiger partial charge on any atom is -0.0623 e. The average molecular weight is 328 g/mol. The van der Waals surface area contributed by atoms with Crippen molar-refractivity contribution in [2.24, 2.45) is 0 Å². The van der Waals surface area contributed by atoms with Gasteiger partial charge in [0.1, 0.15) is 0 Å². The Labute approximate surface area is 73.7 Å². The Bertz CT molecular complexity index is 93.9. The predicted molar refractivity (Wildman–Crippen MR) is 38.1 cm³/mol. The first kappa shape index (κ1) is 9.67. The molecule has 0 bridgehead atoms. The third kappa shape index (κ3) is 8.67. The predicted octanol–water partition coefficient (Wildman–Crippen LogP) is 3.06. The van der Waals surface area contributed by atoms with Gasteiger partial charge in [-0.25, -0.2) is 0 Å². The number of hydrogen-bond acceptors (Lipinski definition) is 0. The molecule has 0 unspecified atom stereocenters. The third-order valence-corrected chi connectivity index (χ3v) is 0.667. The summed E-state index contributed by atoms with van der Waals surface area (Å²) >= 11 is -0.972. The van der Waals surface area contributed by atoms with E-state index < -0.39 is 20.5 Å². The molecule has 1 aromatic carbocycles. The summed E-state index contributed by atoms with van der Waals surface area (Å²) in [6.45, 7) is 0. The van der Waals surface area contributed by atoms with Crippen molar-refractivity contribution in [1.82, 2.24) is 0 Å². The monoisotopic (exact) mass is 328 g/mol. The summed E-state index contributed by atoms with van der Waals surface area (Å²) in [4.78, 5) is 0. The van der Waals surface area contributed by atoms with Crippen LogP contribution in [0, 0.1) is 0 Å². The maximum Gasteiger partial charge on any atom is -0.0623 e. The van der Waals surface area contributed by atoms with Crippen LogP contribution in [-0.2, 0) is 20.5 Å². The van der Waals surface area contributed by atoms with Gasteiger partial charge in [0.2, 0.25) is 0 Å². The van der Waals surface area contributed by atoms with Gasteiger partial charge in [-0.1, -0.05) is 36.4 Å². The number of halogens is 2. The summed E-state index contributed by atoms with van der Waals surface area (Å²) in [6, 6.07) is 12.0. The van der Waals surface area contributed by atoms with Gasteiger partial charge in [0.05, 0.1) is 0 Å². The van der Waals surface area contributed by atoms with Crippen molar-refractivity contribution < 1.29 is 20.5 Å². The molecule has 0 radical (unpaired) electrons. The Morgan fingerprint density at radius 3 is 0.889 bits per heavy atom. The minimum absolute atomic E-state index is 0.972. The molecule has 0 aliphatic heterocycles. The number of hydrogen-bond donors (Lipinski definition) is 0. The summed E-state index contributed by atoms with van der Waals surface area (Å²) in [6.07, 6.45) is 0. The summed E-state index contributed by atoms with van der Waals surface area (Å²) in [5.41, 5.74) is 0. The van der Waals surface area contributed by atoms with Crippen LogP contribution in [0.4, 0.5) is 0 Å². The van der Waals surface area contributed by atoms with Crippen molar-refractivity contribution in [2.45, 2.75) is 0 Å². The largest absolute Gasteiger partial charge is 0.0623 e. The van der Waals surface area contributed by atoms with Crippen LogP contribution in [0.15, 0.2) is 36.4 Å². The van der Waals surface area contributed by atoms with Crippen LogP contribution in [-0.4, -0.2) is 0 Å². The Morgan fingerprint density at radius 2 is 0.778 bits per heavy atom. The zero-order valence-electron chi connectivity index (χ0n) is 4.72. The van der Waals surface area contributed by atoms with Crippen molar-refractivity contribution in [2.75, 3.05) is 0 Å². The van der Waals surface area contributed by atoms with E-state index in [4.69, 9.17) is 17.2 Å². The molecule has 0 saturated heterocycles. The van der Waals surface area contributed by atoms with Crippen LogP contribution in [0.2, 0.25) is 0 Å². The molecule has 0 saturated carbocycles. The van der Waals surface area contributed by atoms with Gasteiger partial charge in [-0.15, -0.1) is 0 Å². The van der Waals surface area contributed by atoms with Gasteiger partial charge >= 0.3 is 37.7 Å². The Balaban J connectivity index is 0.000000187. The molecule has 0 aromatic heterocycles. The number of benzene rings is 1. The van der Waals surface area contributed by atoms with Crippen molar-refractivity contribution in [1.29, 1.82) is 0 Å². The zero-order valence-corrected chi connectivity index (χ0v) is 9.82. The Hall–Kier alpha value is 0.670. The quantitative estimate of drug-likeness (QED) is 0.643. The fourth-order valence-electron chi connectivity index (χ4n) is 0.385. The summed E-state index contributed by atoms with van der Waals surface area (Å²) in [5, 5.41) is 0. The van der Waals surface area contributed by atoms with Crippen LogP contribution in [0.25, 0.3) is 0 Å². The second-order valence-electron chi connectivity index (χ2n) is 1.23. The molecule has 0 nitrogen and oxygen atoms in total. The van der Waals surface area contributed by atoms with E-state index in [-0.39, 0.29) is 0 Å². The maximum absolute atomic E-state index is 4.96. The molecule has 0 N–H and O–H groups in total. The van der Waals surface area contributed by atoms with E-state index in [0.29, 0.717) is 0 Å². The summed E-state index contributed by atoms with van der Waals surface area (Å²) < 4.78 is 0. The fourth-order valence-corrected chi connectivity index (χ4v) is 0.385. The Morgan fingerprint density at radius 1 is 0.667 bits per heavy atom. The Kier molecular flexibility index (Phi) is 9.32. The summed E-state index contributed by atoms with van der Waals surface area (Å²) in [5.74, 6) is 0. The van der Waals surface area contributed by atoms with E-state index in [9.17, 15) is 0 Å². The molecule has 1 aromatic rings. The van der Waals surface area contributed by atoms with Crippen LogP contribution in [0.1, 0.15) is 0 Å². The minimum atomic E-state index is -0.972. The molecule has 9 heavy (non-hydrogen) atoms. The van der Waals surface area contributed by atoms with Crippen LogP contribution < -0.4 is 0 Å². The molecule has 0 heterocycles. The van der Waals surface area contributed by atoms with Crippen molar-refractivity contribution in [3.05, 3.63) is 36.4 Å². The van der Waals surface area contributed by atoms with Crippen molar-refractivity contribution in [3.63, 3.8) is 0 Å². The molecule has 3 heteroatoms. The molecule has 0 spiro atoms. The molecule has 0 aliphatic carbocycles. The van der Waals surface area contributed by atoms with E-state index in [2.05, 4.69) is 0 Å². The topological polar surface area (TPSA) is 0 Å². The molecule has 0 amide bonds. The van der Waals surface area contributed by atoms with Gasteiger partial charge in [0.25, 0.3) is 0 Å². The van der Waals surface area contributed by atoms with E-state index in [1.807, 2.05) is 36.4 Å². The van der Waals surface area contributed by atoms with Crippen molar-refractivity contribution in [3.8, 4) is 0 Å². The second-order valence-corrected chi connectivity index (χ2v) is 6.42. The second kappa shape index (κ2) is 8.67. The molecule has 0 fully saturated rings. The maximum atomic E-state index is 4.96. The number of rotatable bonds is 0. The standard InChI is InChI=1S/C6H6.2ClH.Hf/c1-2-4-6-5-3-1;;;/h1-6H;2*1H;/q;;;+2/p-2. The van der Waals surface area contributed by atoms with Gasteiger partial charge in [0, 0.05) is 0 Å². The van der Waals surface area contributed by atoms with Gasteiger partial charge < -0.3 is 0 Å². The first-order valence-corrected chi connectivity index (χ1v) is 11.3. The molecule has 0 aliphatic rings. The molecular formula is C6H6Cl2Hf. The van der Waals surface area contributed by atoms with Crippen LogP contribution in [0.5, 0.6) is 0 Å². The van der Waals surface area contributed by atoms with Gasteiger partial charge in [-0.3, -0.25) is 0 Å². The van der Waals surface area contributed by atoms with E-state index in [1.165, 1.54) is 0 Å². The first-order chi connectivity index (χ1) is 4.41. The smallest absolute Gasteiger partial charge is 0.0623 e. The normalized spacial score (nSPS) is 6.89. The molecule has 48 valence electrons. The van der Waals surface area contributed by atoms with Gasteiger partial charge in [-0.05, 0) is 0 Å². The van der Waals surface area contributed by atoms with Gasteiger partial charge in [-0.2, -0.15) is 0 Å². The molecule has 0 atom stereocenters. The van der Waals surface area contributed by atoms with E-state index >= 15 is 0 Å². The van der Waals surface area contributed by atoms with Gasteiger partial charge in [0.15, 0.2) is 0 Å². The van der Waals surface area contributed by atoms with Crippen LogP contribution in [0.3, 0.4) is 0 Å². The molecular weight excluding hydrogens is 321 g/mol. The molecule has 1 rings (SSSR count).